The summed E-state index contributed by atoms with van der Waals surface area (Å²) in [6, 6.07) is 14.5. The first kappa shape index (κ1) is 20.7. The third-order valence-corrected chi connectivity index (χ3v) is 4.97. The second-order valence-corrected chi connectivity index (χ2v) is 7.91. The van der Waals surface area contributed by atoms with Crippen molar-refractivity contribution in [1.82, 2.24) is 4.90 Å². The first-order chi connectivity index (χ1) is 13.8. The maximum absolute atomic E-state index is 12.6. The molecule has 29 heavy (non-hydrogen) atoms. The van der Waals surface area contributed by atoms with Crippen molar-refractivity contribution in [2.45, 2.75) is 26.9 Å². The quantitative estimate of drug-likeness (QED) is 0.712. The van der Waals surface area contributed by atoms with Gasteiger partial charge in [-0.15, -0.1) is 0 Å². The molecule has 0 spiro atoms. The van der Waals surface area contributed by atoms with Gasteiger partial charge in [-0.2, -0.15) is 0 Å². The van der Waals surface area contributed by atoms with E-state index in [2.05, 4.69) is 5.32 Å². The topological polar surface area (TPSA) is 75.7 Å². The maximum Gasteiger partial charge on any atom is 0.294 e. The van der Waals surface area contributed by atoms with Crippen LogP contribution in [-0.2, 0) is 9.59 Å². The number of carbonyl (C=O) groups excluding carboxylic acids is 3. The van der Waals surface area contributed by atoms with Crippen LogP contribution in [0.25, 0.3) is 6.08 Å². The standard InChI is InChI=1S/C22H22N2O4S/c1-14(2)28-18-10-6-16(7-11-18)12-19-21(26)24(22(27)29-19)13-20(25)23-17-8-4-15(3)5-9-17/h4-12,14H,13H2,1-3H3,(H,23,25)/b19-12-. The van der Waals surface area contributed by atoms with E-state index < -0.39 is 17.1 Å². The van der Waals surface area contributed by atoms with E-state index in [4.69, 9.17) is 4.74 Å². The van der Waals surface area contributed by atoms with Crippen LogP contribution in [0.2, 0.25) is 0 Å². The van der Waals surface area contributed by atoms with Crippen molar-refractivity contribution < 1.29 is 19.1 Å². The Labute approximate surface area is 173 Å². The zero-order valence-electron chi connectivity index (χ0n) is 16.5. The van der Waals surface area contributed by atoms with E-state index >= 15 is 0 Å². The van der Waals surface area contributed by atoms with Gasteiger partial charge < -0.3 is 10.1 Å². The number of imide groups is 1. The highest BCUT2D eigenvalue weighted by Gasteiger charge is 2.36. The van der Waals surface area contributed by atoms with Gasteiger partial charge in [-0.05, 0) is 68.4 Å². The van der Waals surface area contributed by atoms with Gasteiger partial charge in [-0.1, -0.05) is 29.8 Å². The van der Waals surface area contributed by atoms with Gasteiger partial charge in [0, 0.05) is 5.69 Å². The minimum absolute atomic E-state index is 0.0726. The molecule has 3 rings (SSSR count). The van der Waals surface area contributed by atoms with Crippen molar-refractivity contribution in [1.29, 1.82) is 0 Å². The summed E-state index contributed by atoms with van der Waals surface area (Å²) in [6.07, 6.45) is 1.71. The summed E-state index contributed by atoms with van der Waals surface area (Å²) in [7, 11) is 0. The van der Waals surface area contributed by atoms with Crippen LogP contribution in [-0.4, -0.2) is 34.6 Å². The smallest absolute Gasteiger partial charge is 0.294 e. The Morgan fingerprint density at radius 1 is 1.10 bits per heavy atom. The molecule has 0 saturated carbocycles. The van der Waals surface area contributed by atoms with Crippen molar-refractivity contribution in [3.05, 3.63) is 64.6 Å². The molecule has 0 aromatic heterocycles. The molecule has 2 aromatic carbocycles. The lowest BCUT2D eigenvalue weighted by Crippen LogP contribution is -2.36. The van der Waals surface area contributed by atoms with Crippen LogP contribution >= 0.6 is 11.8 Å². The van der Waals surface area contributed by atoms with Gasteiger partial charge in [0.05, 0.1) is 11.0 Å². The Kier molecular flexibility index (Phi) is 6.39. The van der Waals surface area contributed by atoms with Gasteiger partial charge in [0.25, 0.3) is 11.1 Å². The minimum atomic E-state index is -0.471. The van der Waals surface area contributed by atoms with E-state index in [1.165, 1.54) is 0 Å². The molecule has 150 valence electrons. The van der Waals surface area contributed by atoms with Crippen LogP contribution in [0, 0.1) is 6.92 Å². The molecule has 0 aliphatic carbocycles. The summed E-state index contributed by atoms with van der Waals surface area (Å²) in [5.74, 6) is -0.160. The van der Waals surface area contributed by atoms with E-state index in [0.29, 0.717) is 5.69 Å². The third-order valence-electron chi connectivity index (χ3n) is 4.06. The van der Waals surface area contributed by atoms with E-state index in [0.717, 1.165) is 33.5 Å². The highest BCUT2D eigenvalue weighted by molar-refractivity contribution is 8.18. The molecule has 0 unspecified atom stereocenters. The number of anilines is 1. The fourth-order valence-corrected chi connectivity index (χ4v) is 3.52. The summed E-state index contributed by atoms with van der Waals surface area (Å²) in [4.78, 5) is 38.3. The third kappa shape index (κ3) is 5.48. The molecule has 1 aliphatic rings. The first-order valence-corrected chi connectivity index (χ1v) is 10.0. The minimum Gasteiger partial charge on any atom is -0.491 e. The number of hydrogen-bond acceptors (Lipinski definition) is 5. The van der Waals surface area contributed by atoms with Crippen molar-refractivity contribution in [3.8, 4) is 5.75 Å². The molecule has 1 N–H and O–H groups in total. The van der Waals surface area contributed by atoms with Crippen LogP contribution in [0.3, 0.4) is 0 Å². The second-order valence-electron chi connectivity index (χ2n) is 6.92. The van der Waals surface area contributed by atoms with E-state index in [-0.39, 0.29) is 17.6 Å². The second kappa shape index (κ2) is 8.96. The zero-order chi connectivity index (χ0) is 21.0. The average Bonchev–Trinajstić information content (AvgIpc) is 2.92. The molecule has 7 heteroatoms. The van der Waals surface area contributed by atoms with Crippen molar-refractivity contribution in [2.24, 2.45) is 0 Å². The number of benzene rings is 2. The van der Waals surface area contributed by atoms with Gasteiger partial charge in [0.2, 0.25) is 5.91 Å². The number of rotatable bonds is 6. The summed E-state index contributed by atoms with van der Waals surface area (Å²) in [6.45, 7) is 5.51. The summed E-state index contributed by atoms with van der Waals surface area (Å²) in [5.41, 5.74) is 2.46. The maximum atomic E-state index is 12.6. The molecule has 6 nitrogen and oxygen atoms in total. The number of carbonyl (C=O) groups is 3. The number of amides is 3. The number of thioether (sulfide) groups is 1. The van der Waals surface area contributed by atoms with Crippen LogP contribution in [0.5, 0.6) is 5.75 Å². The Balaban J connectivity index is 1.64. The van der Waals surface area contributed by atoms with Gasteiger partial charge in [0.15, 0.2) is 0 Å². The fraction of sp³-hybridized carbons (Fsp3) is 0.227. The van der Waals surface area contributed by atoms with E-state index in [9.17, 15) is 14.4 Å². The monoisotopic (exact) mass is 410 g/mol. The molecule has 1 saturated heterocycles. The Bertz CT molecular complexity index is 950. The fourth-order valence-electron chi connectivity index (χ4n) is 2.68. The molecule has 1 heterocycles. The molecule has 1 fully saturated rings. The van der Waals surface area contributed by atoms with Crippen LogP contribution in [0.1, 0.15) is 25.0 Å². The van der Waals surface area contributed by atoms with Crippen LogP contribution in [0.15, 0.2) is 53.4 Å². The van der Waals surface area contributed by atoms with Crippen LogP contribution < -0.4 is 10.1 Å². The molecule has 0 atom stereocenters. The number of nitrogens with one attached hydrogen (secondary N) is 1. The largest absolute Gasteiger partial charge is 0.491 e. The molecule has 3 amide bonds. The lowest BCUT2D eigenvalue weighted by atomic mass is 10.2. The Morgan fingerprint density at radius 3 is 2.38 bits per heavy atom. The molecule has 0 radical (unpaired) electrons. The lowest BCUT2D eigenvalue weighted by Gasteiger charge is -2.12. The number of ether oxygens (including phenoxy) is 1. The Morgan fingerprint density at radius 2 is 1.76 bits per heavy atom. The normalized spacial score (nSPS) is 15.3. The summed E-state index contributed by atoms with van der Waals surface area (Å²) in [5, 5.41) is 2.24. The highest BCUT2D eigenvalue weighted by atomic mass is 32.2. The highest BCUT2D eigenvalue weighted by Crippen LogP contribution is 2.32. The van der Waals surface area contributed by atoms with Gasteiger partial charge in [0.1, 0.15) is 12.3 Å². The molecule has 0 bridgehead atoms. The average molecular weight is 410 g/mol. The van der Waals surface area contributed by atoms with E-state index in [1.54, 1.807) is 18.2 Å². The molecular formula is C22H22N2O4S. The molecular weight excluding hydrogens is 388 g/mol. The molecule has 2 aromatic rings. The zero-order valence-corrected chi connectivity index (χ0v) is 17.3. The number of hydrogen-bond donors (Lipinski definition) is 1. The first-order valence-electron chi connectivity index (χ1n) is 9.20. The Hall–Kier alpha value is -3.06. The number of aryl methyl sites for hydroxylation is 1. The lowest BCUT2D eigenvalue weighted by molar-refractivity contribution is -0.127. The summed E-state index contributed by atoms with van der Waals surface area (Å²) >= 11 is 0.829. The SMILES string of the molecule is Cc1ccc(NC(=O)CN2C(=O)S/C(=C\c3ccc(OC(C)C)cc3)C2=O)cc1. The van der Waals surface area contributed by atoms with Crippen molar-refractivity contribution in [2.75, 3.05) is 11.9 Å². The van der Waals surface area contributed by atoms with E-state index in [1.807, 2.05) is 57.2 Å². The predicted molar refractivity (Wildman–Crippen MR) is 115 cm³/mol. The van der Waals surface area contributed by atoms with Crippen molar-refractivity contribution >= 4 is 40.6 Å². The van der Waals surface area contributed by atoms with Crippen LogP contribution in [0.4, 0.5) is 10.5 Å². The predicted octanol–water partition coefficient (Wildman–Crippen LogP) is 4.46. The van der Waals surface area contributed by atoms with Gasteiger partial charge >= 0.3 is 0 Å². The van der Waals surface area contributed by atoms with Gasteiger partial charge in [-0.25, -0.2) is 0 Å². The van der Waals surface area contributed by atoms with Crippen molar-refractivity contribution in [3.63, 3.8) is 0 Å². The molecule has 1 aliphatic heterocycles. The van der Waals surface area contributed by atoms with Gasteiger partial charge in [-0.3, -0.25) is 19.3 Å². The number of nitrogens with zero attached hydrogens (tertiary/aromatic N) is 1. The summed E-state index contributed by atoms with van der Waals surface area (Å²) < 4.78 is 5.59.